The molecule has 522 valence electrons. The normalized spacial score (nSPS) is 30.0. The van der Waals surface area contributed by atoms with Gasteiger partial charge in [0, 0.05) is 104 Å². The number of hydrogen-bond donors (Lipinski definition) is 13. The summed E-state index contributed by atoms with van der Waals surface area (Å²) in [6.45, 7) is 3.87. The number of aromatic amines is 1. The summed E-state index contributed by atoms with van der Waals surface area (Å²) in [5.74, 6) is 9.99. The predicted octanol–water partition coefficient (Wildman–Crippen LogP) is 10.6. The van der Waals surface area contributed by atoms with Gasteiger partial charge in [0.15, 0.2) is 35.5 Å². The van der Waals surface area contributed by atoms with Gasteiger partial charge in [-0.05, 0) is 198 Å². The van der Waals surface area contributed by atoms with Crippen LogP contribution >= 0.6 is 0 Å². The molecule has 0 spiro atoms. The molecular weight excluding hydrogens is 1240 g/mol. The molecule has 13 rings (SSSR count). The fraction of sp³-hybridized carbons (Fsp3) is 0.494. The number of β-amino-alcohol motifs (C(OH)–C–C–N with tert-alkyl or cyclic N) is 1. The van der Waals surface area contributed by atoms with Crippen molar-refractivity contribution in [3.05, 3.63) is 171 Å². The van der Waals surface area contributed by atoms with E-state index in [1.807, 2.05) is 67.8 Å². The number of Topliss-reactive ketones (excluding diaryl/α,β-unsaturated/α-hetero) is 2. The molecule has 16 atom stereocenters. The third kappa shape index (κ3) is 15.5. The molecule has 6 aromatic rings. The SMILES string of the molecule is CNCC1C#CC2CC(CC(C(O)O)C2Cc2cccc(O)c2)c2ccccc2C2C#CC3CC4CC(CC3C(=O)C(O)C(=O)CCc3cc(OC)c(O)cc32)C(CCC2CCCC2)C(O)Cc2cc(c[nH]2)C(C)CNCC(O)Cc2ccc3ccc(cc3c2O)NC2=CC(=CCN2)C14. The number of ether oxygens (including phenoxy) is 1. The van der Waals surface area contributed by atoms with Crippen LogP contribution in [-0.4, -0.2) is 122 Å². The van der Waals surface area contributed by atoms with Gasteiger partial charge in [0.1, 0.15) is 17.3 Å². The van der Waals surface area contributed by atoms with Gasteiger partial charge in [0.25, 0.3) is 0 Å². The van der Waals surface area contributed by atoms with Crippen molar-refractivity contribution in [3.8, 4) is 46.7 Å². The molecule has 16 unspecified atom stereocenters. The molecule has 1 aromatic heterocycles. The van der Waals surface area contributed by atoms with Gasteiger partial charge in [-0.25, -0.2) is 0 Å². The summed E-state index contributed by atoms with van der Waals surface area (Å²) in [5, 5.41) is 111. The lowest BCUT2D eigenvalue weighted by molar-refractivity contribution is -0.142. The Morgan fingerprint density at radius 3 is 2.35 bits per heavy atom. The van der Waals surface area contributed by atoms with Gasteiger partial charge in [0.2, 0.25) is 0 Å². The quantitative estimate of drug-likeness (QED) is 0.0365. The number of aromatic hydroxyl groups is 3. The Hall–Kier alpha value is -7.90. The van der Waals surface area contributed by atoms with Gasteiger partial charge in [0.05, 0.1) is 25.2 Å². The summed E-state index contributed by atoms with van der Waals surface area (Å²) < 4.78 is 5.73. The van der Waals surface area contributed by atoms with Gasteiger partial charge < -0.3 is 71.8 Å². The predicted molar refractivity (Wildman–Crippen MR) is 384 cm³/mol. The van der Waals surface area contributed by atoms with E-state index in [0.29, 0.717) is 105 Å². The van der Waals surface area contributed by atoms with Gasteiger partial charge in [-0.3, -0.25) is 9.59 Å². The van der Waals surface area contributed by atoms with E-state index >= 15 is 4.79 Å². The van der Waals surface area contributed by atoms with Crippen LogP contribution in [0.5, 0.6) is 23.0 Å². The molecule has 13 bridgehead atoms. The Labute approximate surface area is 582 Å². The molecular formula is C83H99N5O11. The van der Waals surface area contributed by atoms with Crippen molar-refractivity contribution in [2.75, 3.05) is 45.7 Å². The van der Waals surface area contributed by atoms with E-state index in [0.717, 1.165) is 76.7 Å². The van der Waals surface area contributed by atoms with Crippen LogP contribution in [0.25, 0.3) is 10.8 Å². The maximum absolute atomic E-state index is 16.0. The second-order valence-electron chi connectivity index (χ2n) is 30.0. The molecule has 5 aliphatic carbocycles. The minimum absolute atomic E-state index is 0.0351. The number of methoxy groups -OCH3 is 1. The van der Waals surface area contributed by atoms with Gasteiger partial charge in [-0.15, -0.1) is 0 Å². The minimum Gasteiger partial charge on any atom is -0.508 e. The maximum atomic E-state index is 16.0. The van der Waals surface area contributed by atoms with Crippen molar-refractivity contribution in [1.82, 2.24) is 20.9 Å². The molecule has 3 heterocycles. The van der Waals surface area contributed by atoms with E-state index in [-0.39, 0.29) is 90.1 Å². The number of carbonyl (C=O) groups is 2. The van der Waals surface area contributed by atoms with Crippen LogP contribution in [0.1, 0.15) is 146 Å². The highest BCUT2D eigenvalue weighted by Crippen LogP contribution is 2.52. The van der Waals surface area contributed by atoms with Crippen LogP contribution in [-0.2, 0) is 35.3 Å². The number of dihydropyridines is 1. The standard InChI is InChI=1S/C83H99N5O11/c1-47-43-85-46-64(90)35-55-18-16-50-20-23-61(40-72(50)80(55)94)88-78-39-54(27-28-86-78)79-56(44-84-2)19-17-51-31-57(37-73(83(97)98)69(51)30-49-11-8-12-63(89)29-49)65-13-6-7-14-67(65)68-25-21-52-32-59(79)33-58(66(24-15-48-9-4-5-10-48)75(92)41-62-34-60(47)45-87-62)36-71(52)81(95)82(96)74(91)26-22-53-38-77(99-3)76(93)42-70(53)68/h6-8,11-14,16,18,20,23,27,29,34,38-40,42,45,47-48,51-52,56-59,64,66,68-69,71,73,75,79,82-90,92-94,96-98H,4-5,9-10,15,22,24,26,28,30-33,35-37,41,43-44,46H2,1-3H3. The number of benzene rings is 5. The number of aliphatic hydroxyl groups excluding tert-OH is 4. The van der Waals surface area contributed by atoms with Crippen molar-refractivity contribution in [2.45, 2.75) is 152 Å². The molecule has 7 aliphatic rings. The molecule has 16 nitrogen and oxygen atoms in total. The number of ketones is 2. The molecule has 99 heavy (non-hydrogen) atoms. The van der Waals surface area contributed by atoms with Crippen molar-refractivity contribution in [2.24, 2.45) is 65.1 Å². The first-order chi connectivity index (χ1) is 48.0. The highest BCUT2D eigenvalue weighted by atomic mass is 16.5. The van der Waals surface area contributed by atoms with Gasteiger partial charge in [-0.1, -0.05) is 123 Å². The van der Waals surface area contributed by atoms with Crippen molar-refractivity contribution in [3.63, 3.8) is 0 Å². The highest BCUT2D eigenvalue weighted by molar-refractivity contribution is 6.06. The molecule has 0 radical (unpaired) electrons. The van der Waals surface area contributed by atoms with Gasteiger partial charge in [-0.2, -0.15) is 0 Å². The number of rotatable bonds is 9. The fourth-order valence-electron chi connectivity index (χ4n) is 18.5. The number of anilines is 1. The summed E-state index contributed by atoms with van der Waals surface area (Å²) in [6, 6.07) is 30.5. The third-order valence-corrected chi connectivity index (χ3v) is 23.7. The first kappa shape index (κ1) is 69.6. The molecule has 5 aromatic carbocycles. The number of allylic oxidation sites excluding steroid dienone is 2. The minimum atomic E-state index is -1.95. The first-order valence-electron chi connectivity index (χ1n) is 36.4. The molecule has 2 aliphatic heterocycles. The van der Waals surface area contributed by atoms with Crippen molar-refractivity contribution < 1.29 is 55.2 Å². The molecule has 16 heteroatoms. The van der Waals surface area contributed by atoms with E-state index in [2.05, 4.69) is 87.2 Å². The molecule has 3 fully saturated rings. The van der Waals surface area contributed by atoms with E-state index < -0.39 is 71.7 Å². The van der Waals surface area contributed by atoms with Crippen LogP contribution in [0.15, 0.2) is 127 Å². The largest absolute Gasteiger partial charge is 0.508 e. The second kappa shape index (κ2) is 30.9. The number of nitrogens with one attached hydrogen (secondary N) is 5. The highest BCUT2D eigenvalue weighted by Gasteiger charge is 2.48. The van der Waals surface area contributed by atoms with E-state index in [9.17, 15) is 45.6 Å². The van der Waals surface area contributed by atoms with Crippen LogP contribution in [0, 0.1) is 88.8 Å². The van der Waals surface area contributed by atoms with Crippen LogP contribution in [0.4, 0.5) is 5.69 Å². The van der Waals surface area contributed by atoms with Crippen LogP contribution < -0.4 is 26.0 Å². The second-order valence-corrected chi connectivity index (χ2v) is 30.0. The number of aliphatic hydroxyl groups is 5. The van der Waals surface area contributed by atoms with E-state index in [1.54, 1.807) is 24.3 Å². The zero-order valence-electron chi connectivity index (χ0n) is 57.3. The van der Waals surface area contributed by atoms with E-state index in [1.165, 1.54) is 7.11 Å². The number of hydrogen-bond acceptors (Lipinski definition) is 15. The molecule has 13 N–H and O–H groups in total. The van der Waals surface area contributed by atoms with Crippen LogP contribution in [0.2, 0.25) is 0 Å². The zero-order valence-corrected chi connectivity index (χ0v) is 57.3. The Kier molecular flexibility index (Phi) is 21.7. The average Bonchev–Trinajstić information content (AvgIpc) is 1.72. The van der Waals surface area contributed by atoms with Crippen LogP contribution in [0.3, 0.4) is 0 Å². The average molecular weight is 1340 g/mol. The Balaban J connectivity index is 1.05. The summed E-state index contributed by atoms with van der Waals surface area (Å²) in [5.41, 5.74) is 8.18. The lowest BCUT2D eigenvalue weighted by Gasteiger charge is -2.42. The van der Waals surface area contributed by atoms with Crippen molar-refractivity contribution in [1.29, 1.82) is 0 Å². The number of H-pyrrole nitrogens is 1. The molecule has 3 saturated carbocycles. The lowest BCUT2D eigenvalue weighted by Crippen LogP contribution is -2.40. The fourth-order valence-corrected chi connectivity index (χ4v) is 18.5. The van der Waals surface area contributed by atoms with Crippen molar-refractivity contribution >= 4 is 28.0 Å². The number of aryl methyl sites for hydroxylation is 1. The lowest BCUT2D eigenvalue weighted by atomic mass is 9.63. The topological polar surface area (TPSA) is 269 Å². The first-order valence-corrected chi connectivity index (χ1v) is 36.4. The summed E-state index contributed by atoms with van der Waals surface area (Å²) in [7, 11) is 3.40. The third-order valence-electron chi connectivity index (χ3n) is 23.7. The number of phenolic OH excluding ortho intramolecular Hbond substituents is 3. The van der Waals surface area contributed by atoms with Gasteiger partial charge >= 0.3 is 0 Å². The molecule has 0 saturated heterocycles. The van der Waals surface area contributed by atoms with E-state index in [4.69, 9.17) is 4.74 Å². The Morgan fingerprint density at radius 1 is 0.747 bits per heavy atom. The number of aromatic nitrogens is 1. The monoisotopic (exact) mass is 1340 g/mol. The number of phenols is 3. The number of fused-ring (bicyclic) bond motifs is 15. The zero-order chi connectivity index (χ0) is 69.0. The summed E-state index contributed by atoms with van der Waals surface area (Å²) >= 11 is 0. The smallest absolute Gasteiger partial charge is 0.173 e. The molecule has 0 amide bonds. The Bertz CT molecular complexity index is 4090. The number of carbonyl (C=O) groups excluding carboxylic acids is 2. The summed E-state index contributed by atoms with van der Waals surface area (Å²) in [6.07, 6.45) is 10.1. The summed E-state index contributed by atoms with van der Waals surface area (Å²) in [4.78, 5) is 34.4. The Morgan fingerprint density at radius 2 is 1.56 bits per heavy atom. The maximum Gasteiger partial charge on any atom is 0.173 e.